The number of amides is 1. The van der Waals surface area contributed by atoms with Crippen molar-refractivity contribution in [2.75, 3.05) is 5.32 Å². The Morgan fingerprint density at radius 2 is 1.81 bits per heavy atom. The molecule has 0 aliphatic carbocycles. The van der Waals surface area contributed by atoms with Crippen molar-refractivity contribution in [1.82, 2.24) is 0 Å². The molecule has 5 nitrogen and oxygen atoms in total. The zero-order valence-corrected chi connectivity index (χ0v) is 7.71. The maximum absolute atomic E-state index is 11.8. The van der Waals surface area contributed by atoms with Gasteiger partial charge in [-0.2, -0.15) is 18.4 Å². The summed E-state index contributed by atoms with van der Waals surface area (Å²) >= 11 is 0. The van der Waals surface area contributed by atoms with Crippen LogP contribution >= 0.6 is 0 Å². The number of rotatable bonds is 2. The number of anilines is 1. The van der Waals surface area contributed by atoms with Gasteiger partial charge in [0.1, 0.15) is 0 Å². The lowest BCUT2D eigenvalue weighted by atomic mass is 10.3. The van der Waals surface area contributed by atoms with Crippen LogP contribution in [0.2, 0.25) is 0 Å². The van der Waals surface area contributed by atoms with Crippen molar-refractivity contribution in [3.63, 3.8) is 0 Å². The van der Waals surface area contributed by atoms with Crippen LogP contribution in [-0.2, 0) is 4.79 Å². The molecule has 1 aromatic carbocycles. The molecule has 0 aliphatic heterocycles. The van der Waals surface area contributed by atoms with E-state index in [1.807, 2.05) is 0 Å². The second-order valence-electron chi connectivity index (χ2n) is 2.83. The first-order valence-electron chi connectivity index (χ1n) is 4.02. The molecule has 16 heavy (non-hydrogen) atoms. The molecule has 0 aliphatic rings. The van der Waals surface area contributed by atoms with Crippen LogP contribution in [0.4, 0.5) is 24.5 Å². The van der Waals surface area contributed by atoms with Gasteiger partial charge < -0.3 is 10.5 Å². The van der Waals surface area contributed by atoms with Crippen molar-refractivity contribution in [3.8, 4) is 0 Å². The molecule has 0 saturated carbocycles. The van der Waals surface area contributed by atoms with Gasteiger partial charge in [-0.25, -0.2) is 5.21 Å². The van der Waals surface area contributed by atoms with Crippen molar-refractivity contribution < 1.29 is 28.4 Å². The third-order valence-electron chi connectivity index (χ3n) is 1.65. The number of hydrogen-bond acceptors (Lipinski definition) is 3. The summed E-state index contributed by atoms with van der Waals surface area (Å²) in [6, 6.07) is 4.34. The highest BCUT2D eigenvalue weighted by atomic mass is 19.4. The van der Waals surface area contributed by atoms with E-state index in [-0.39, 0.29) is 11.4 Å². The van der Waals surface area contributed by atoms with Crippen LogP contribution in [0.3, 0.4) is 0 Å². The monoisotopic (exact) mass is 236 g/mol. The number of carbonyl (C=O) groups is 1. The largest absolute Gasteiger partial charge is 0.595 e. The second-order valence-corrected chi connectivity index (χ2v) is 2.83. The number of hydrogen-bond donors (Lipinski definition) is 3. The van der Waals surface area contributed by atoms with Crippen molar-refractivity contribution in [2.45, 2.75) is 6.18 Å². The molecule has 88 valence electrons. The van der Waals surface area contributed by atoms with Gasteiger partial charge in [0.2, 0.25) is 0 Å². The van der Waals surface area contributed by atoms with Crippen molar-refractivity contribution >= 4 is 17.3 Å². The van der Waals surface area contributed by atoms with Gasteiger partial charge in [-0.15, -0.1) is 0 Å². The van der Waals surface area contributed by atoms with E-state index in [0.29, 0.717) is 0 Å². The van der Waals surface area contributed by atoms with Crippen LogP contribution in [0.1, 0.15) is 0 Å². The molecule has 1 rings (SSSR count). The molecule has 0 radical (unpaired) electrons. The van der Waals surface area contributed by atoms with E-state index in [9.17, 15) is 23.2 Å². The van der Waals surface area contributed by atoms with Gasteiger partial charge in [0, 0.05) is 17.8 Å². The molecule has 1 amide bonds. The number of nitrogens with one attached hydrogen (secondary N) is 2. The van der Waals surface area contributed by atoms with Gasteiger partial charge in [-0.1, -0.05) is 0 Å². The zero-order chi connectivity index (χ0) is 12.3. The maximum atomic E-state index is 11.8. The fourth-order valence-electron chi connectivity index (χ4n) is 0.898. The second kappa shape index (κ2) is 4.47. The van der Waals surface area contributed by atoms with Crippen molar-refractivity contribution in [1.29, 1.82) is 0 Å². The Labute approximate surface area is 87.6 Å². The summed E-state index contributed by atoms with van der Waals surface area (Å²) in [7, 11) is 0. The van der Waals surface area contributed by atoms with E-state index >= 15 is 0 Å². The van der Waals surface area contributed by atoms with Gasteiger partial charge in [0.05, 0.1) is 0 Å². The molecular formula is C8H7F3N2O3. The minimum absolute atomic E-state index is 0.0787. The third-order valence-corrected chi connectivity index (χ3v) is 1.65. The molecule has 1 atom stereocenters. The fraction of sp³-hybridized carbons (Fsp3) is 0.125. The Balaban J connectivity index is 2.73. The van der Waals surface area contributed by atoms with Crippen LogP contribution in [0, 0.1) is 5.21 Å². The smallest absolute Gasteiger partial charge is 0.471 e. The number of halogens is 3. The van der Waals surface area contributed by atoms with Gasteiger partial charge in [0.25, 0.3) is 0 Å². The van der Waals surface area contributed by atoms with Crippen molar-refractivity contribution in [2.24, 2.45) is 0 Å². The highest BCUT2D eigenvalue weighted by Gasteiger charge is 2.38. The Morgan fingerprint density at radius 1 is 1.31 bits per heavy atom. The first-order chi connectivity index (χ1) is 7.30. The minimum atomic E-state index is -4.97. The Morgan fingerprint density at radius 3 is 2.19 bits per heavy atom. The van der Waals surface area contributed by atoms with Gasteiger partial charge in [0.15, 0.2) is 5.69 Å². The number of alkyl halides is 3. The fourth-order valence-corrected chi connectivity index (χ4v) is 0.898. The highest BCUT2D eigenvalue weighted by molar-refractivity contribution is 5.94. The summed E-state index contributed by atoms with van der Waals surface area (Å²) in [6.45, 7) is 0. The molecule has 3 N–H and O–H groups in total. The molecule has 0 fully saturated rings. The Kier molecular flexibility index (Phi) is 3.48. The number of benzene rings is 1. The minimum Gasteiger partial charge on any atom is -0.595 e. The average molecular weight is 236 g/mol. The molecule has 0 saturated heterocycles. The predicted octanol–water partition coefficient (Wildman–Crippen LogP) is 0.591. The lowest BCUT2D eigenvalue weighted by molar-refractivity contribution is -0.991. The Hall–Kier alpha value is -1.64. The van der Waals surface area contributed by atoms with Crippen LogP contribution in [0.15, 0.2) is 24.3 Å². The highest BCUT2D eigenvalue weighted by Crippen LogP contribution is 2.18. The maximum Gasteiger partial charge on any atom is 0.471 e. The van der Waals surface area contributed by atoms with E-state index < -0.39 is 17.3 Å². The SMILES string of the molecule is O=C(Nc1ccc([NH+]([O-])O)cc1)C(F)(F)F. The van der Waals surface area contributed by atoms with Gasteiger partial charge in [-0.05, 0) is 12.1 Å². The summed E-state index contributed by atoms with van der Waals surface area (Å²) in [5, 5.41) is 19.3. The summed E-state index contributed by atoms with van der Waals surface area (Å²) < 4.78 is 35.5. The van der Waals surface area contributed by atoms with Gasteiger partial charge in [-0.3, -0.25) is 4.79 Å². The van der Waals surface area contributed by atoms with E-state index in [0.717, 1.165) is 24.3 Å². The first-order valence-corrected chi connectivity index (χ1v) is 4.02. The summed E-state index contributed by atoms with van der Waals surface area (Å²) in [4.78, 5) is 10.5. The average Bonchev–Trinajstić information content (AvgIpc) is 2.17. The first kappa shape index (κ1) is 12.4. The number of quaternary nitrogens is 1. The zero-order valence-electron chi connectivity index (χ0n) is 7.71. The third kappa shape index (κ3) is 3.19. The van der Waals surface area contributed by atoms with E-state index in [4.69, 9.17) is 5.21 Å². The summed E-state index contributed by atoms with van der Waals surface area (Å²) in [5.41, 5.74) is -0.197. The van der Waals surface area contributed by atoms with E-state index in [1.165, 1.54) is 0 Å². The van der Waals surface area contributed by atoms with Crippen LogP contribution < -0.4 is 10.5 Å². The molecule has 0 bridgehead atoms. The van der Waals surface area contributed by atoms with E-state index in [2.05, 4.69) is 0 Å². The predicted molar refractivity (Wildman–Crippen MR) is 46.9 cm³/mol. The van der Waals surface area contributed by atoms with Crippen LogP contribution in [0.5, 0.6) is 0 Å². The molecule has 0 spiro atoms. The molecule has 1 unspecified atom stereocenters. The molecule has 0 heterocycles. The normalized spacial score (nSPS) is 13.3. The summed E-state index contributed by atoms with van der Waals surface area (Å²) in [6.07, 6.45) is -4.97. The number of carbonyl (C=O) groups excluding carboxylic acids is 1. The quantitative estimate of drug-likeness (QED) is 0.658. The molecule has 1 aromatic rings. The standard InChI is InChI=1S/C8H7F3N2O3/c9-8(10,11)7(14)12-5-1-3-6(4-2-5)13(15)16/h1-4,13,15H,(H,12,14). The Bertz CT molecular complexity index is 375. The van der Waals surface area contributed by atoms with Crippen molar-refractivity contribution in [3.05, 3.63) is 29.5 Å². The van der Waals surface area contributed by atoms with E-state index in [1.54, 1.807) is 5.32 Å². The molecular weight excluding hydrogens is 229 g/mol. The summed E-state index contributed by atoms with van der Waals surface area (Å²) in [5.74, 6) is -2.10. The lowest BCUT2D eigenvalue weighted by Gasteiger charge is -2.12. The van der Waals surface area contributed by atoms with Crippen LogP contribution in [0.25, 0.3) is 0 Å². The van der Waals surface area contributed by atoms with Crippen LogP contribution in [-0.4, -0.2) is 17.3 Å². The molecule has 8 heteroatoms. The lowest BCUT2D eigenvalue weighted by Crippen LogP contribution is -2.99. The molecule has 0 aromatic heterocycles. The van der Waals surface area contributed by atoms with Gasteiger partial charge >= 0.3 is 12.1 Å². The topological polar surface area (TPSA) is 76.8 Å².